The summed E-state index contributed by atoms with van der Waals surface area (Å²) >= 11 is -11.2. The Labute approximate surface area is 312 Å². The molecule has 3 aromatic carbocycles. The molecule has 0 amide bonds. The molecule has 0 saturated carbocycles. The molecule has 0 bridgehead atoms. The first-order chi connectivity index (χ1) is 22.6. The van der Waals surface area contributed by atoms with E-state index < -0.39 is 19.5 Å². The van der Waals surface area contributed by atoms with Gasteiger partial charge in [0.1, 0.15) is 0 Å². The topological polar surface area (TPSA) is 0 Å². The van der Waals surface area contributed by atoms with Gasteiger partial charge in [-0.1, -0.05) is 136 Å². The molecule has 0 aliphatic carbocycles. The SMILES string of the molecule is CC(C)(C)[Si]CCCc1ccc([S+](c2ccc(CCC[Si]C(C)(C)C)cc2)c2ccc(CCC[Si]C(C)(C)C)cc2)cc1.[F][Sb-]([F])([F])([F])([F])[F]. The fourth-order valence-electron chi connectivity index (χ4n) is 5.05. The fraction of sp³-hybridized carbons (Fsp3) is 0.538. The Balaban J connectivity index is 0.00000112. The number of hydrogen-bond donors (Lipinski definition) is 0. The second-order valence-corrected chi connectivity index (χ2v) is 30.6. The number of hydrogen-bond acceptors (Lipinski definition) is 0. The molecule has 50 heavy (non-hydrogen) atoms. The van der Waals surface area contributed by atoms with Crippen molar-refractivity contribution in [3.63, 3.8) is 0 Å². The molecule has 0 saturated heterocycles. The predicted octanol–water partition coefficient (Wildman–Crippen LogP) is 13.7. The summed E-state index contributed by atoms with van der Waals surface area (Å²) in [4.78, 5) is 4.29. The molecule has 3 aromatic rings. The Morgan fingerprint density at radius 3 is 0.800 bits per heavy atom. The normalized spacial score (nSPS) is 14.2. The number of rotatable bonds is 15. The van der Waals surface area contributed by atoms with Gasteiger partial charge in [-0.15, -0.1) is 0 Å². The van der Waals surface area contributed by atoms with E-state index in [1.54, 1.807) is 0 Å². The van der Waals surface area contributed by atoms with E-state index in [0.717, 1.165) is 28.6 Å². The molecular weight excluding hydrogens is 821 g/mol. The van der Waals surface area contributed by atoms with Gasteiger partial charge in [0.25, 0.3) is 0 Å². The van der Waals surface area contributed by atoms with Crippen molar-refractivity contribution in [1.82, 2.24) is 0 Å². The summed E-state index contributed by atoms with van der Waals surface area (Å²) in [6.07, 6.45) is 7.42. The molecule has 0 nitrogen and oxygen atoms in total. The summed E-state index contributed by atoms with van der Waals surface area (Å²) in [5, 5.41) is 1.38. The third-order valence-corrected chi connectivity index (χ3v) is 14.6. The van der Waals surface area contributed by atoms with Crippen molar-refractivity contribution in [2.75, 3.05) is 0 Å². The van der Waals surface area contributed by atoms with Crippen LogP contribution in [0, 0.1) is 0 Å². The second kappa shape index (κ2) is 17.9. The van der Waals surface area contributed by atoms with E-state index in [1.807, 2.05) is 0 Å². The third kappa shape index (κ3) is 23.6. The van der Waals surface area contributed by atoms with E-state index in [2.05, 4.69) is 135 Å². The molecule has 0 aromatic heterocycles. The van der Waals surface area contributed by atoms with Crippen LogP contribution in [0.5, 0.6) is 0 Å². The zero-order valence-electron chi connectivity index (χ0n) is 31.4. The second-order valence-electron chi connectivity index (χ2n) is 16.0. The summed E-state index contributed by atoms with van der Waals surface area (Å²) in [6.45, 7) is 21.3. The molecule has 0 fully saturated rings. The van der Waals surface area contributed by atoms with Gasteiger partial charge < -0.3 is 0 Å². The average molecular weight is 878 g/mol. The van der Waals surface area contributed by atoms with Gasteiger partial charge in [-0.2, -0.15) is 0 Å². The van der Waals surface area contributed by atoms with E-state index in [0.29, 0.717) is 15.1 Å². The van der Waals surface area contributed by atoms with E-state index >= 15 is 0 Å². The summed E-state index contributed by atoms with van der Waals surface area (Å²) in [5.41, 5.74) is 4.43. The minimum atomic E-state index is -11.2. The minimum absolute atomic E-state index is 0.0927. The Kier molecular flexibility index (Phi) is 16.2. The molecule has 11 heteroatoms. The molecule has 0 aliphatic rings. The van der Waals surface area contributed by atoms with Crippen molar-refractivity contribution < 1.29 is 16.9 Å². The predicted molar refractivity (Wildman–Crippen MR) is 210 cm³/mol. The molecule has 0 aliphatic heterocycles. The summed E-state index contributed by atoms with van der Waals surface area (Å²) in [7, 11) is 3.03. The average Bonchev–Trinajstić information content (AvgIpc) is 2.95. The van der Waals surface area contributed by atoms with Crippen LogP contribution >= 0.6 is 0 Å². The van der Waals surface area contributed by atoms with E-state index in [-0.39, 0.29) is 10.9 Å². The number of aryl methyl sites for hydroxylation is 3. The summed E-state index contributed by atoms with van der Waals surface area (Å²) in [6, 6.07) is 32.8. The van der Waals surface area contributed by atoms with Crippen molar-refractivity contribution in [1.29, 1.82) is 0 Å². The van der Waals surface area contributed by atoms with Crippen LogP contribution in [0.2, 0.25) is 33.2 Å². The van der Waals surface area contributed by atoms with Gasteiger partial charge in [0.05, 0.1) is 10.9 Å². The molecular formula is C39H57F6SSbSi3. The van der Waals surface area contributed by atoms with Crippen molar-refractivity contribution in [2.45, 2.75) is 149 Å². The van der Waals surface area contributed by atoms with Crippen LogP contribution in [0.1, 0.15) is 98.3 Å². The van der Waals surface area contributed by atoms with Crippen LogP contribution in [0.25, 0.3) is 0 Å². The van der Waals surface area contributed by atoms with Gasteiger partial charge in [0.2, 0.25) is 0 Å². The first-order valence-electron chi connectivity index (χ1n) is 17.5. The van der Waals surface area contributed by atoms with E-state index in [9.17, 15) is 16.9 Å². The van der Waals surface area contributed by atoms with Crippen molar-refractivity contribution in [3.8, 4) is 0 Å². The standard InChI is InChI=1S/C39H57SSi3.6FH.Sb/c1-37(2,3)41-28-10-13-31-16-22-34(23-17-31)40(35-24-18-32(19-25-35)14-11-29-42-38(4,5)6)36-26-20-33(21-27-36)15-12-30-43-39(7,8)9;;;;;;;/h16-27H,10-15,28-30H2,1-9H3;6*1H;/q+1;;;;;;;+5/p-6. The van der Waals surface area contributed by atoms with Crippen LogP contribution in [0.4, 0.5) is 16.9 Å². The van der Waals surface area contributed by atoms with Crippen molar-refractivity contribution >= 4 is 58.9 Å². The Morgan fingerprint density at radius 1 is 0.420 bits per heavy atom. The van der Waals surface area contributed by atoms with Crippen LogP contribution in [0.15, 0.2) is 87.5 Å². The van der Waals surface area contributed by atoms with Crippen LogP contribution < -0.4 is 0 Å². The number of halogens is 6. The maximum absolute atomic E-state index is 11.2. The zero-order chi connectivity index (χ0) is 37.9. The van der Waals surface area contributed by atoms with Crippen molar-refractivity contribution in [2.24, 2.45) is 0 Å². The zero-order valence-corrected chi connectivity index (χ0v) is 37.8. The molecule has 6 radical (unpaired) electrons. The van der Waals surface area contributed by atoms with Gasteiger partial charge in [-0.05, 0) is 87.5 Å². The van der Waals surface area contributed by atoms with Gasteiger partial charge in [-0.25, -0.2) is 0 Å². The van der Waals surface area contributed by atoms with Gasteiger partial charge in [-0.3, -0.25) is 0 Å². The van der Waals surface area contributed by atoms with Gasteiger partial charge in [0, 0.05) is 28.6 Å². The van der Waals surface area contributed by atoms with Crippen LogP contribution in [-0.2, 0) is 30.2 Å². The van der Waals surface area contributed by atoms with Crippen LogP contribution in [0.3, 0.4) is 0 Å². The summed E-state index contributed by atoms with van der Waals surface area (Å²) < 4.78 is 59.6. The summed E-state index contributed by atoms with van der Waals surface area (Å²) in [5.74, 6) is 0. The fourth-order valence-corrected chi connectivity index (χ4v) is 10.4. The Bertz CT molecular complexity index is 1260. The van der Waals surface area contributed by atoms with Crippen molar-refractivity contribution in [3.05, 3.63) is 89.5 Å². The molecule has 0 heterocycles. The molecule has 3 rings (SSSR count). The van der Waals surface area contributed by atoms with E-state index in [4.69, 9.17) is 0 Å². The monoisotopic (exact) mass is 876 g/mol. The maximum atomic E-state index is 9.93. The number of benzene rings is 3. The van der Waals surface area contributed by atoms with Gasteiger partial charge in [0.15, 0.2) is 14.7 Å². The van der Waals surface area contributed by atoms with Crippen LogP contribution in [-0.4, -0.2) is 48.0 Å². The first kappa shape index (κ1) is 45.2. The molecule has 0 spiro atoms. The first-order valence-corrected chi connectivity index (χ1v) is 28.1. The molecule has 278 valence electrons. The molecule has 0 atom stereocenters. The Morgan fingerprint density at radius 2 is 0.620 bits per heavy atom. The quantitative estimate of drug-likeness (QED) is 0.0618. The Hall–Kier alpha value is -0.941. The third-order valence-electron chi connectivity index (χ3n) is 7.37. The molecule has 0 unspecified atom stereocenters. The molecule has 0 N–H and O–H groups in total. The van der Waals surface area contributed by atoms with E-state index in [1.165, 1.54) is 88.0 Å². The van der Waals surface area contributed by atoms with Gasteiger partial charge >= 0.3 is 36.4 Å².